The normalized spacial score (nSPS) is 16.7. The minimum atomic E-state index is -1.85. The number of benzene rings is 2. The van der Waals surface area contributed by atoms with Crippen molar-refractivity contribution >= 4 is 11.6 Å². The number of amides is 1. The molecule has 2 heterocycles. The van der Waals surface area contributed by atoms with Gasteiger partial charge in [-0.2, -0.15) is 5.10 Å². The molecule has 1 aromatic heterocycles. The van der Waals surface area contributed by atoms with E-state index in [-0.39, 0.29) is 18.0 Å². The number of carbonyl (C=O) groups excluding carboxylic acids is 1. The molecule has 4 rings (SSSR count). The summed E-state index contributed by atoms with van der Waals surface area (Å²) in [6, 6.07) is 10.4. The van der Waals surface area contributed by atoms with Gasteiger partial charge >= 0.3 is 0 Å². The fraction of sp³-hybridized carbons (Fsp3) is 0.375. The predicted molar refractivity (Wildman–Crippen MR) is 121 cm³/mol. The quantitative estimate of drug-likeness (QED) is 0.570. The molecule has 2 unspecified atom stereocenters. The summed E-state index contributed by atoms with van der Waals surface area (Å²) in [5.41, 5.74) is -0.963. The van der Waals surface area contributed by atoms with Gasteiger partial charge < -0.3 is 19.6 Å². The van der Waals surface area contributed by atoms with E-state index in [4.69, 9.17) is 4.74 Å². The average molecular weight is 472 g/mol. The van der Waals surface area contributed by atoms with E-state index in [1.54, 1.807) is 26.0 Å². The van der Waals surface area contributed by atoms with E-state index in [1.165, 1.54) is 23.4 Å². The third-order valence-corrected chi connectivity index (χ3v) is 6.18. The summed E-state index contributed by atoms with van der Waals surface area (Å²) in [6.07, 6.45) is 1.79. The van der Waals surface area contributed by atoms with Gasteiger partial charge in [-0.1, -0.05) is 6.07 Å². The van der Waals surface area contributed by atoms with Crippen molar-refractivity contribution in [3.05, 3.63) is 72.3 Å². The summed E-state index contributed by atoms with van der Waals surface area (Å²) in [5, 5.41) is 15.6. The molecule has 0 radical (unpaired) electrons. The van der Waals surface area contributed by atoms with E-state index in [2.05, 4.69) is 15.0 Å². The summed E-state index contributed by atoms with van der Waals surface area (Å²) in [4.78, 5) is 19.4. The number of aliphatic hydroxyl groups is 1. The number of nitrogens with zero attached hydrogens (tertiary/aromatic N) is 5. The number of hydrogen-bond acceptors (Lipinski definition) is 6. The summed E-state index contributed by atoms with van der Waals surface area (Å²) < 4.78 is 35.6. The number of carbonyl (C=O) groups is 1. The largest absolute Gasteiger partial charge is 0.487 e. The highest BCUT2D eigenvalue weighted by Crippen LogP contribution is 2.33. The number of piperazine rings is 1. The lowest BCUT2D eigenvalue weighted by Crippen LogP contribution is -2.48. The second-order valence-electron chi connectivity index (χ2n) is 8.39. The lowest BCUT2D eigenvalue weighted by molar-refractivity contribution is -0.129. The first kappa shape index (κ1) is 23.6. The van der Waals surface area contributed by atoms with Gasteiger partial charge in [-0.05, 0) is 37.3 Å². The number of ether oxygens (including phenoxy) is 1. The van der Waals surface area contributed by atoms with E-state index in [1.807, 2.05) is 17.0 Å². The molecular formula is C24H27F2N5O3. The third-order valence-electron chi connectivity index (χ3n) is 6.18. The van der Waals surface area contributed by atoms with Crippen LogP contribution in [0.2, 0.25) is 0 Å². The van der Waals surface area contributed by atoms with E-state index in [9.17, 15) is 18.7 Å². The Bertz CT molecular complexity index is 1120. The number of hydrogen-bond donors (Lipinski definition) is 1. The number of aromatic nitrogens is 3. The van der Waals surface area contributed by atoms with Crippen LogP contribution in [0.1, 0.15) is 19.4 Å². The molecular weight excluding hydrogens is 444 g/mol. The maximum Gasteiger partial charge on any atom is 0.219 e. The highest BCUT2D eigenvalue weighted by Gasteiger charge is 2.41. The Morgan fingerprint density at radius 1 is 1.15 bits per heavy atom. The van der Waals surface area contributed by atoms with E-state index in [0.29, 0.717) is 18.8 Å². The van der Waals surface area contributed by atoms with Gasteiger partial charge in [0.25, 0.3) is 0 Å². The zero-order chi connectivity index (χ0) is 24.3. The Balaban J connectivity index is 1.51. The topological polar surface area (TPSA) is 83.7 Å². The Kier molecular flexibility index (Phi) is 6.78. The highest BCUT2D eigenvalue weighted by molar-refractivity contribution is 5.73. The van der Waals surface area contributed by atoms with Crippen LogP contribution in [-0.4, -0.2) is 63.0 Å². The first-order chi connectivity index (χ1) is 16.3. The van der Waals surface area contributed by atoms with Gasteiger partial charge in [0.15, 0.2) is 0 Å². The SMILES string of the molecule is CC(=O)N1CCN(c2ccc(OC(C)C(O)(Cn3cncn3)c3ccc(F)cc3F)cc2)CC1. The molecule has 0 saturated carbocycles. The van der Waals surface area contributed by atoms with Gasteiger partial charge in [-0.25, -0.2) is 18.4 Å². The average Bonchev–Trinajstić information content (AvgIpc) is 3.32. The standard InChI is InChI=1S/C24H27F2N5O3/c1-17(24(33,14-31-16-27-15-28-31)22-8-3-19(25)13-23(22)26)34-21-6-4-20(5-7-21)30-11-9-29(10-12-30)18(2)32/h3-8,13,15-17,33H,9-12,14H2,1-2H3. The third kappa shape index (κ3) is 5.01. The van der Waals surface area contributed by atoms with Crippen LogP contribution in [0.15, 0.2) is 55.1 Å². The van der Waals surface area contributed by atoms with Crippen LogP contribution in [0.4, 0.5) is 14.5 Å². The molecule has 180 valence electrons. The van der Waals surface area contributed by atoms with Crippen LogP contribution in [0, 0.1) is 11.6 Å². The van der Waals surface area contributed by atoms with Gasteiger partial charge in [0.05, 0.1) is 6.54 Å². The highest BCUT2D eigenvalue weighted by atomic mass is 19.1. The second-order valence-corrected chi connectivity index (χ2v) is 8.39. The van der Waals surface area contributed by atoms with Crippen LogP contribution in [0.5, 0.6) is 5.75 Å². The van der Waals surface area contributed by atoms with E-state index < -0.39 is 23.3 Å². The van der Waals surface area contributed by atoms with Gasteiger partial charge in [0.2, 0.25) is 5.91 Å². The van der Waals surface area contributed by atoms with Crippen LogP contribution in [0.3, 0.4) is 0 Å². The van der Waals surface area contributed by atoms with Crippen molar-refractivity contribution in [2.45, 2.75) is 32.1 Å². The molecule has 1 amide bonds. The minimum Gasteiger partial charge on any atom is -0.487 e. The van der Waals surface area contributed by atoms with Gasteiger partial charge in [0.1, 0.15) is 41.7 Å². The molecule has 34 heavy (non-hydrogen) atoms. The van der Waals surface area contributed by atoms with Gasteiger partial charge in [0, 0.05) is 50.4 Å². The number of anilines is 1. The Morgan fingerprint density at radius 3 is 2.44 bits per heavy atom. The van der Waals surface area contributed by atoms with Gasteiger partial charge in [-0.3, -0.25) is 4.79 Å². The zero-order valence-electron chi connectivity index (χ0n) is 19.1. The predicted octanol–water partition coefficient (Wildman–Crippen LogP) is 2.58. The summed E-state index contributed by atoms with van der Waals surface area (Å²) in [5.74, 6) is -1.05. The molecule has 1 saturated heterocycles. The lowest BCUT2D eigenvalue weighted by Gasteiger charge is -2.36. The molecule has 0 aliphatic carbocycles. The second kappa shape index (κ2) is 9.76. The monoisotopic (exact) mass is 471 g/mol. The first-order valence-corrected chi connectivity index (χ1v) is 11.0. The Hall–Kier alpha value is -3.53. The molecule has 0 spiro atoms. The lowest BCUT2D eigenvalue weighted by atomic mass is 9.88. The van der Waals surface area contributed by atoms with Crippen molar-refractivity contribution in [3.63, 3.8) is 0 Å². The molecule has 1 aliphatic heterocycles. The maximum absolute atomic E-state index is 14.7. The van der Waals surface area contributed by atoms with E-state index in [0.717, 1.165) is 30.9 Å². The van der Waals surface area contributed by atoms with Crippen LogP contribution >= 0.6 is 0 Å². The fourth-order valence-electron chi connectivity index (χ4n) is 4.15. The maximum atomic E-state index is 14.7. The Labute approximate surface area is 196 Å². The molecule has 1 N–H and O–H groups in total. The van der Waals surface area contributed by atoms with Crippen LogP contribution < -0.4 is 9.64 Å². The molecule has 1 aliphatic rings. The van der Waals surface area contributed by atoms with Crippen molar-refractivity contribution < 1.29 is 23.4 Å². The number of halogens is 2. The molecule has 2 aromatic carbocycles. The molecule has 0 bridgehead atoms. The Morgan fingerprint density at radius 2 is 1.85 bits per heavy atom. The molecule has 3 aromatic rings. The summed E-state index contributed by atoms with van der Waals surface area (Å²) in [6.45, 7) is 5.86. The molecule has 1 fully saturated rings. The zero-order valence-corrected chi connectivity index (χ0v) is 19.1. The van der Waals surface area contributed by atoms with Crippen LogP contribution in [-0.2, 0) is 16.9 Å². The smallest absolute Gasteiger partial charge is 0.219 e. The fourth-order valence-corrected chi connectivity index (χ4v) is 4.15. The van der Waals surface area contributed by atoms with Crippen molar-refractivity contribution in [2.75, 3.05) is 31.1 Å². The number of rotatable bonds is 7. The summed E-state index contributed by atoms with van der Waals surface area (Å²) >= 11 is 0. The molecule has 2 atom stereocenters. The van der Waals surface area contributed by atoms with Gasteiger partial charge in [-0.15, -0.1) is 0 Å². The van der Waals surface area contributed by atoms with Crippen molar-refractivity contribution in [1.82, 2.24) is 19.7 Å². The summed E-state index contributed by atoms with van der Waals surface area (Å²) in [7, 11) is 0. The van der Waals surface area contributed by atoms with Crippen molar-refractivity contribution in [1.29, 1.82) is 0 Å². The van der Waals surface area contributed by atoms with Crippen molar-refractivity contribution in [2.24, 2.45) is 0 Å². The van der Waals surface area contributed by atoms with Crippen molar-refractivity contribution in [3.8, 4) is 5.75 Å². The van der Waals surface area contributed by atoms with E-state index >= 15 is 0 Å². The van der Waals surface area contributed by atoms with Crippen LogP contribution in [0.25, 0.3) is 0 Å². The minimum absolute atomic E-state index is 0.0772. The first-order valence-electron chi connectivity index (χ1n) is 11.0. The molecule has 8 nitrogen and oxygen atoms in total. The molecule has 10 heteroatoms.